The molecule has 1 amide bonds. The number of aromatic amines is 1. The zero-order chi connectivity index (χ0) is 22.8. The van der Waals surface area contributed by atoms with Gasteiger partial charge in [0.1, 0.15) is 18.4 Å². The lowest BCUT2D eigenvalue weighted by molar-refractivity contribution is -0.118. The molecule has 168 valence electrons. The molecule has 0 bridgehead atoms. The predicted octanol–water partition coefficient (Wildman–Crippen LogP) is 1.22. The summed E-state index contributed by atoms with van der Waals surface area (Å²) in [6.07, 6.45) is -0.544. The van der Waals surface area contributed by atoms with Crippen LogP contribution in [0, 0.1) is 5.92 Å². The lowest BCUT2D eigenvalue weighted by atomic mass is 10.1. The highest BCUT2D eigenvalue weighted by atomic mass is 16.6. The number of nitrogens with zero attached hydrogens (tertiary/aromatic N) is 3. The zero-order valence-electron chi connectivity index (χ0n) is 17.5. The monoisotopic (exact) mass is 441 g/mol. The molecule has 1 saturated heterocycles. The first-order valence-electron chi connectivity index (χ1n) is 10.2. The molecule has 3 aromatic rings. The Morgan fingerprint density at radius 3 is 2.78 bits per heavy atom. The smallest absolute Gasteiger partial charge is 0.338 e. The Bertz CT molecular complexity index is 1190. The third kappa shape index (κ3) is 4.25. The fraction of sp³-hybridized carbons (Fsp3) is 0.381. The predicted molar refractivity (Wildman–Crippen MR) is 113 cm³/mol. The van der Waals surface area contributed by atoms with Gasteiger partial charge < -0.3 is 14.6 Å². The molecule has 3 N–H and O–H groups in total. The summed E-state index contributed by atoms with van der Waals surface area (Å²) in [5.41, 5.74) is 0.141. The maximum Gasteiger partial charge on any atom is 0.338 e. The molecule has 1 aromatic carbocycles. The average molecular weight is 441 g/mol. The number of carbonyl (C=O) groups is 2. The largest absolute Gasteiger partial charge is 0.456 e. The van der Waals surface area contributed by atoms with Crippen LogP contribution in [0.2, 0.25) is 0 Å². The molecule has 3 atom stereocenters. The van der Waals surface area contributed by atoms with Gasteiger partial charge in [-0.2, -0.15) is 4.98 Å². The summed E-state index contributed by atoms with van der Waals surface area (Å²) in [6, 6.07) is 8.51. The van der Waals surface area contributed by atoms with Crippen LogP contribution >= 0.6 is 0 Å². The van der Waals surface area contributed by atoms with Crippen LogP contribution in [0.4, 0.5) is 5.95 Å². The summed E-state index contributed by atoms with van der Waals surface area (Å²) in [4.78, 5) is 47.7. The highest BCUT2D eigenvalue weighted by molar-refractivity contribution is 5.91. The number of rotatable bonds is 6. The van der Waals surface area contributed by atoms with Crippen LogP contribution in [0.5, 0.6) is 0 Å². The Labute approximate surface area is 182 Å². The van der Waals surface area contributed by atoms with Crippen LogP contribution in [0.15, 0.2) is 41.5 Å². The Balaban J connectivity index is 1.58. The standard InChI is InChI=1S/C21H23N5O6/c1-11(2)18(28)24-21-23-17-16(19(29)25-21)22-10-26(17)15-8-13(14(9-27)31-15)32-20(30)12-6-4-3-5-7-12/h3-7,10-11,13-15,27H,8-9H2,1-2H3,(H2,23,24,25,28,29)/t13-,14+,15+/m0/s1. The second-order valence-electron chi connectivity index (χ2n) is 7.74. The second-order valence-corrected chi connectivity index (χ2v) is 7.74. The van der Waals surface area contributed by atoms with Crippen molar-refractivity contribution in [2.24, 2.45) is 5.92 Å². The minimum absolute atomic E-state index is 0.00768. The molecule has 32 heavy (non-hydrogen) atoms. The Hall–Kier alpha value is -3.57. The molecular weight excluding hydrogens is 418 g/mol. The van der Waals surface area contributed by atoms with Gasteiger partial charge in [0.15, 0.2) is 11.2 Å². The van der Waals surface area contributed by atoms with E-state index in [2.05, 4.69) is 20.3 Å². The normalized spacial score (nSPS) is 20.6. The Morgan fingerprint density at radius 2 is 2.09 bits per heavy atom. The molecule has 4 rings (SSSR count). The maximum absolute atomic E-state index is 12.4. The van der Waals surface area contributed by atoms with Crippen LogP contribution in [0.25, 0.3) is 11.2 Å². The van der Waals surface area contributed by atoms with Crippen molar-refractivity contribution in [1.29, 1.82) is 0 Å². The molecule has 1 fully saturated rings. The second kappa shape index (κ2) is 8.89. The summed E-state index contributed by atoms with van der Waals surface area (Å²) in [7, 11) is 0. The number of benzene rings is 1. The molecular formula is C21H23N5O6. The van der Waals surface area contributed by atoms with Crippen molar-refractivity contribution in [2.45, 2.75) is 38.7 Å². The van der Waals surface area contributed by atoms with Crippen molar-refractivity contribution in [3.8, 4) is 0 Å². The van der Waals surface area contributed by atoms with Gasteiger partial charge in [-0.1, -0.05) is 32.0 Å². The van der Waals surface area contributed by atoms with E-state index in [1.165, 1.54) is 10.9 Å². The summed E-state index contributed by atoms with van der Waals surface area (Å²) in [6.45, 7) is 3.07. The first-order valence-corrected chi connectivity index (χ1v) is 10.2. The highest BCUT2D eigenvalue weighted by Crippen LogP contribution is 2.32. The number of H-pyrrole nitrogens is 1. The molecule has 2 aromatic heterocycles. The van der Waals surface area contributed by atoms with Gasteiger partial charge in [-0.3, -0.25) is 24.5 Å². The number of carbonyl (C=O) groups excluding carboxylic acids is 2. The summed E-state index contributed by atoms with van der Waals surface area (Å²) in [5, 5.41) is 12.3. The summed E-state index contributed by atoms with van der Waals surface area (Å²) < 4.78 is 13.0. The fourth-order valence-corrected chi connectivity index (χ4v) is 3.40. The van der Waals surface area contributed by atoms with Gasteiger partial charge >= 0.3 is 5.97 Å². The van der Waals surface area contributed by atoms with E-state index in [9.17, 15) is 19.5 Å². The number of ether oxygens (including phenoxy) is 2. The third-order valence-electron chi connectivity index (χ3n) is 5.14. The zero-order valence-corrected chi connectivity index (χ0v) is 17.5. The van der Waals surface area contributed by atoms with Crippen molar-refractivity contribution in [3.63, 3.8) is 0 Å². The number of amides is 1. The van der Waals surface area contributed by atoms with E-state index in [1.807, 2.05) is 0 Å². The van der Waals surface area contributed by atoms with Gasteiger partial charge in [0.05, 0.1) is 18.5 Å². The number of hydrogen-bond acceptors (Lipinski definition) is 8. The number of aliphatic hydroxyl groups is 1. The van der Waals surface area contributed by atoms with Crippen molar-refractivity contribution in [3.05, 3.63) is 52.6 Å². The van der Waals surface area contributed by atoms with E-state index in [0.29, 0.717) is 5.56 Å². The van der Waals surface area contributed by atoms with E-state index < -0.39 is 30.0 Å². The number of esters is 1. The van der Waals surface area contributed by atoms with Gasteiger partial charge in [0.25, 0.3) is 5.56 Å². The third-order valence-corrected chi connectivity index (χ3v) is 5.14. The molecule has 0 unspecified atom stereocenters. The van der Waals surface area contributed by atoms with Crippen LogP contribution in [0.3, 0.4) is 0 Å². The minimum Gasteiger partial charge on any atom is -0.456 e. The van der Waals surface area contributed by atoms with Gasteiger partial charge in [0, 0.05) is 12.3 Å². The summed E-state index contributed by atoms with van der Waals surface area (Å²) >= 11 is 0. The van der Waals surface area contributed by atoms with Crippen LogP contribution in [0.1, 0.15) is 36.9 Å². The SMILES string of the molecule is CC(C)C(=O)Nc1nc2c(ncn2[C@H]2C[C@H](OC(=O)c3ccccc3)[C@@H](CO)O2)c(=O)[nH]1. The lowest BCUT2D eigenvalue weighted by Gasteiger charge is -2.16. The first kappa shape index (κ1) is 21.7. The van der Waals surface area contributed by atoms with Crippen molar-refractivity contribution >= 4 is 29.0 Å². The number of anilines is 1. The number of hydrogen-bond donors (Lipinski definition) is 3. The maximum atomic E-state index is 12.4. The molecule has 11 heteroatoms. The van der Waals surface area contributed by atoms with Crippen LogP contribution in [-0.2, 0) is 14.3 Å². The quantitative estimate of drug-likeness (QED) is 0.484. The van der Waals surface area contributed by atoms with E-state index in [1.54, 1.807) is 44.2 Å². The number of aliphatic hydroxyl groups excluding tert-OH is 1. The van der Waals surface area contributed by atoms with Gasteiger partial charge in [-0.15, -0.1) is 0 Å². The van der Waals surface area contributed by atoms with E-state index in [4.69, 9.17) is 9.47 Å². The molecule has 0 aliphatic carbocycles. The number of fused-ring (bicyclic) bond motifs is 1. The van der Waals surface area contributed by atoms with Crippen molar-refractivity contribution < 1.29 is 24.2 Å². The van der Waals surface area contributed by atoms with E-state index >= 15 is 0 Å². The number of imidazole rings is 1. The topological polar surface area (TPSA) is 148 Å². The van der Waals surface area contributed by atoms with Gasteiger partial charge in [0.2, 0.25) is 11.9 Å². The van der Waals surface area contributed by atoms with Crippen molar-refractivity contribution in [2.75, 3.05) is 11.9 Å². The lowest BCUT2D eigenvalue weighted by Crippen LogP contribution is -2.30. The fourth-order valence-electron chi connectivity index (χ4n) is 3.40. The van der Waals surface area contributed by atoms with Crippen molar-refractivity contribution in [1.82, 2.24) is 19.5 Å². The Kier molecular flexibility index (Phi) is 6.01. The molecule has 0 radical (unpaired) electrons. The van der Waals surface area contributed by atoms with Crippen LogP contribution < -0.4 is 10.9 Å². The summed E-state index contributed by atoms with van der Waals surface area (Å²) in [5.74, 6) is -1.14. The minimum atomic E-state index is -0.757. The Morgan fingerprint density at radius 1 is 1.34 bits per heavy atom. The molecule has 0 saturated carbocycles. The first-order chi connectivity index (χ1) is 15.4. The molecule has 3 heterocycles. The highest BCUT2D eigenvalue weighted by Gasteiger charge is 2.39. The van der Waals surface area contributed by atoms with Gasteiger partial charge in [-0.25, -0.2) is 9.78 Å². The van der Waals surface area contributed by atoms with Crippen LogP contribution in [-0.4, -0.2) is 55.3 Å². The molecule has 1 aliphatic rings. The number of aromatic nitrogens is 4. The molecule has 11 nitrogen and oxygen atoms in total. The molecule has 1 aliphatic heterocycles. The van der Waals surface area contributed by atoms with E-state index in [-0.39, 0.29) is 42.0 Å². The van der Waals surface area contributed by atoms with Gasteiger partial charge in [-0.05, 0) is 12.1 Å². The van der Waals surface area contributed by atoms with E-state index in [0.717, 1.165) is 0 Å². The number of nitrogens with one attached hydrogen (secondary N) is 2. The molecule has 0 spiro atoms. The average Bonchev–Trinajstić information content (AvgIpc) is 3.38.